The summed E-state index contributed by atoms with van der Waals surface area (Å²) < 4.78 is 0.734. The second-order valence-corrected chi connectivity index (χ2v) is 3.67. The van der Waals surface area contributed by atoms with Crippen molar-refractivity contribution >= 4 is 16.6 Å². The minimum atomic E-state index is -0.475. The highest BCUT2D eigenvalue weighted by Gasteiger charge is 2.18. The Morgan fingerprint density at radius 1 is 1.31 bits per heavy atom. The van der Waals surface area contributed by atoms with E-state index in [0.717, 1.165) is 10.3 Å². The number of aromatic nitrogens is 1. The summed E-state index contributed by atoms with van der Waals surface area (Å²) in [6.45, 7) is 3.46. The van der Waals surface area contributed by atoms with Crippen LogP contribution in [0.5, 0.6) is 0 Å². The number of rotatable bonds is 1. The van der Waals surface area contributed by atoms with E-state index in [1.807, 2.05) is 0 Å². The van der Waals surface area contributed by atoms with Gasteiger partial charge in [0.15, 0.2) is 5.69 Å². The Kier molecular flexibility index (Phi) is 2.23. The van der Waals surface area contributed by atoms with Gasteiger partial charge in [0.1, 0.15) is 5.39 Å². The maximum absolute atomic E-state index is 11.8. The monoisotopic (exact) mass is 218 g/mol. The number of aryl methyl sites for hydroxylation is 1. The largest absolute Gasteiger partial charge is 0.618 e. The van der Waals surface area contributed by atoms with E-state index in [9.17, 15) is 15.3 Å². The molecule has 5 nitrogen and oxygen atoms in total. The molecule has 2 aromatic rings. The molecule has 0 amide bonds. The minimum absolute atomic E-state index is 0.0369. The number of pyridine rings is 1. The van der Waals surface area contributed by atoms with Crippen LogP contribution in [0, 0.1) is 29.2 Å². The van der Waals surface area contributed by atoms with Crippen LogP contribution in [0.2, 0.25) is 0 Å². The Labute approximate surface area is 91.7 Å². The molecule has 0 N–H and O–H groups in total. The smallest absolute Gasteiger partial charge is 0.283 e. The van der Waals surface area contributed by atoms with Gasteiger partial charge in [-0.25, -0.2) is 0 Å². The summed E-state index contributed by atoms with van der Waals surface area (Å²) in [6.07, 6.45) is 0. The molecular formula is C11H10N2O3. The fraction of sp³-hybridized carbons (Fsp3) is 0.182. The van der Waals surface area contributed by atoms with Crippen LogP contribution >= 0.6 is 0 Å². The van der Waals surface area contributed by atoms with Gasteiger partial charge in [-0.1, -0.05) is 0 Å². The van der Waals surface area contributed by atoms with E-state index in [0.29, 0.717) is 16.6 Å². The summed E-state index contributed by atoms with van der Waals surface area (Å²) in [4.78, 5) is 10.3. The molecule has 16 heavy (non-hydrogen) atoms. The van der Waals surface area contributed by atoms with Gasteiger partial charge in [-0.3, -0.25) is 10.1 Å². The van der Waals surface area contributed by atoms with Gasteiger partial charge in [-0.05, 0) is 19.1 Å². The highest BCUT2D eigenvalue weighted by atomic mass is 16.6. The van der Waals surface area contributed by atoms with Gasteiger partial charge < -0.3 is 5.21 Å². The lowest BCUT2D eigenvalue weighted by molar-refractivity contribution is -0.584. The molecule has 0 spiro atoms. The number of hydrogen-bond donors (Lipinski definition) is 0. The quantitative estimate of drug-likeness (QED) is 0.318. The summed E-state index contributed by atoms with van der Waals surface area (Å²) in [5.74, 6) is 0. The van der Waals surface area contributed by atoms with Crippen LogP contribution in [0.15, 0.2) is 24.3 Å². The molecule has 0 aliphatic carbocycles. The average molecular weight is 218 g/mol. The Bertz CT molecular complexity index is 593. The summed E-state index contributed by atoms with van der Waals surface area (Å²) in [5.41, 5.74) is 1.60. The van der Waals surface area contributed by atoms with E-state index < -0.39 is 4.92 Å². The predicted molar refractivity (Wildman–Crippen MR) is 59.0 cm³/mol. The van der Waals surface area contributed by atoms with Gasteiger partial charge in [0.25, 0.3) is 5.69 Å². The van der Waals surface area contributed by atoms with E-state index in [1.54, 1.807) is 26.0 Å². The Morgan fingerprint density at radius 3 is 2.62 bits per heavy atom. The third kappa shape index (κ3) is 1.37. The van der Waals surface area contributed by atoms with Crippen LogP contribution in [-0.2, 0) is 0 Å². The highest BCUT2D eigenvalue weighted by molar-refractivity contribution is 5.86. The number of benzene rings is 1. The predicted octanol–water partition coefficient (Wildman–Crippen LogP) is 2.00. The number of nitro benzene ring substituents is 1. The second-order valence-electron chi connectivity index (χ2n) is 3.67. The van der Waals surface area contributed by atoms with Gasteiger partial charge in [-0.15, -0.1) is 0 Å². The fourth-order valence-corrected chi connectivity index (χ4v) is 1.69. The van der Waals surface area contributed by atoms with Gasteiger partial charge in [0.2, 0.25) is 5.52 Å². The van der Waals surface area contributed by atoms with E-state index in [4.69, 9.17) is 0 Å². The van der Waals surface area contributed by atoms with Crippen LogP contribution in [0.3, 0.4) is 0 Å². The van der Waals surface area contributed by atoms with Crippen molar-refractivity contribution in [3.8, 4) is 0 Å². The molecule has 0 radical (unpaired) electrons. The molecule has 1 aromatic carbocycles. The molecule has 0 bridgehead atoms. The Hall–Kier alpha value is -2.17. The zero-order valence-electron chi connectivity index (χ0n) is 8.93. The van der Waals surface area contributed by atoms with Crippen LogP contribution in [0.1, 0.15) is 11.3 Å². The summed E-state index contributed by atoms with van der Waals surface area (Å²) in [7, 11) is 0. The molecular weight excluding hydrogens is 208 g/mol. The van der Waals surface area contributed by atoms with Crippen molar-refractivity contribution in [2.24, 2.45) is 0 Å². The minimum Gasteiger partial charge on any atom is -0.618 e. The molecule has 0 saturated carbocycles. The Balaban J connectivity index is 2.95. The van der Waals surface area contributed by atoms with E-state index in [-0.39, 0.29) is 5.69 Å². The van der Waals surface area contributed by atoms with Crippen molar-refractivity contribution in [3.63, 3.8) is 0 Å². The summed E-state index contributed by atoms with van der Waals surface area (Å²) in [6, 6.07) is 6.18. The number of nitrogens with zero attached hydrogens (tertiary/aromatic N) is 2. The maximum atomic E-state index is 11.8. The molecule has 0 fully saturated rings. The topological polar surface area (TPSA) is 70.1 Å². The van der Waals surface area contributed by atoms with Crippen LogP contribution in [0.25, 0.3) is 10.9 Å². The molecule has 0 aliphatic heterocycles. The first-order valence-electron chi connectivity index (χ1n) is 4.79. The van der Waals surface area contributed by atoms with Crippen molar-refractivity contribution in [1.29, 1.82) is 0 Å². The molecule has 1 aromatic heterocycles. The van der Waals surface area contributed by atoms with Crippen molar-refractivity contribution in [2.75, 3.05) is 0 Å². The first kappa shape index (κ1) is 10.4. The molecule has 0 saturated heterocycles. The Morgan fingerprint density at radius 2 is 2.00 bits per heavy atom. The van der Waals surface area contributed by atoms with Crippen molar-refractivity contribution < 1.29 is 9.65 Å². The highest BCUT2D eigenvalue weighted by Crippen LogP contribution is 2.24. The molecule has 1 heterocycles. The normalized spacial score (nSPS) is 10.6. The SMILES string of the molecule is Cc1cc2c([N+](=O)[O-])cccc2[n+]([O-])c1C. The summed E-state index contributed by atoms with van der Waals surface area (Å²) >= 11 is 0. The summed E-state index contributed by atoms with van der Waals surface area (Å²) in [5, 5.41) is 23.0. The van der Waals surface area contributed by atoms with E-state index >= 15 is 0 Å². The number of non-ortho nitro benzene ring substituents is 1. The molecule has 0 aliphatic rings. The third-order valence-corrected chi connectivity index (χ3v) is 2.71. The molecule has 0 atom stereocenters. The first-order chi connectivity index (χ1) is 7.52. The zero-order valence-corrected chi connectivity index (χ0v) is 8.93. The van der Waals surface area contributed by atoms with Gasteiger partial charge in [-0.2, -0.15) is 4.73 Å². The zero-order chi connectivity index (χ0) is 11.9. The van der Waals surface area contributed by atoms with E-state index in [2.05, 4.69) is 0 Å². The third-order valence-electron chi connectivity index (χ3n) is 2.71. The number of fused-ring (bicyclic) bond motifs is 1. The number of nitro groups is 1. The van der Waals surface area contributed by atoms with Crippen molar-refractivity contribution in [3.05, 3.63) is 50.8 Å². The lowest BCUT2D eigenvalue weighted by Crippen LogP contribution is -2.31. The van der Waals surface area contributed by atoms with Crippen molar-refractivity contribution in [1.82, 2.24) is 0 Å². The van der Waals surface area contributed by atoms with Crippen molar-refractivity contribution in [2.45, 2.75) is 13.8 Å². The molecule has 0 unspecified atom stereocenters. The first-order valence-corrected chi connectivity index (χ1v) is 4.79. The number of hydrogen-bond acceptors (Lipinski definition) is 3. The lowest BCUT2D eigenvalue weighted by atomic mass is 10.1. The van der Waals surface area contributed by atoms with Crippen LogP contribution in [-0.4, -0.2) is 4.92 Å². The maximum Gasteiger partial charge on any atom is 0.283 e. The average Bonchev–Trinajstić information content (AvgIpc) is 2.25. The standard InChI is InChI=1S/C11H10N2O3/c1-7-6-9-10(12(14)8(7)2)4-3-5-11(9)13(15)16/h3-6H,1-2H3. The molecule has 5 heteroatoms. The van der Waals surface area contributed by atoms with Crippen LogP contribution < -0.4 is 4.73 Å². The molecule has 82 valence electrons. The lowest BCUT2D eigenvalue weighted by Gasteiger charge is -2.07. The second kappa shape index (κ2) is 3.44. The van der Waals surface area contributed by atoms with Gasteiger partial charge in [0, 0.05) is 24.6 Å². The van der Waals surface area contributed by atoms with Gasteiger partial charge >= 0.3 is 0 Å². The fourth-order valence-electron chi connectivity index (χ4n) is 1.69. The molecule has 2 rings (SSSR count). The van der Waals surface area contributed by atoms with Gasteiger partial charge in [0.05, 0.1) is 4.92 Å². The van der Waals surface area contributed by atoms with Crippen LogP contribution in [0.4, 0.5) is 5.69 Å². The van der Waals surface area contributed by atoms with E-state index in [1.165, 1.54) is 12.1 Å².